The Balaban J connectivity index is 1.45. The van der Waals surface area contributed by atoms with Crippen LogP contribution in [0.25, 0.3) is 10.9 Å². The van der Waals surface area contributed by atoms with E-state index in [-0.39, 0.29) is 5.91 Å². The van der Waals surface area contributed by atoms with Crippen LogP contribution in [-0.4, -0.2) is 40.1 Å². The minimum absolute atomic E-state index is 0.139. The largest absolute Gasteiger partial charge is 0.331 e. The lowest BCUT2D eigenvalue weighted by molar-refractivity contribution is 0.0692. The van der Waals surface area contributed by atoms with Crippen molar-refractivity contribution in [3.63, 3.8) is 0 Å². The molecule has 2 N–H and O–H groups in total. The van der Waals surface area contributed by atoms with Crippen LogP contribution in [0.2, 0.25) is 0 Å². The van der Waals surface area contributed by atoms with E-state index in [2.05, 4.69) is 37.2 Å². The first-order valence-electron chi connectivity index (χ1n) is 9.21. The summed E-state index contributed by atoms with van der Waals surface area (Å²) in [6.07, 6.45) is 5.26. The zero-order valence-corrected chi connectivity index (χ0v) is 15.4. The summed E-state index contributed by atoms with van der Waals surface area (Å²) in [5, 5.41) is 15.7. The van der Waals surface area contributed by atoms with E-state index in [0.29, 0.717) is 18.0 Å². The molecule has 1 aliphatic heterocycles. The molecule has 1 saturated carbocycles. The summed E-state index contributed by atoms with van der Waals surface area (Å²) >= 11 is 1.69. The third-order valence-electron chi connectivity index (χ3n) is 6.00. The third-order valence-corrected chi connectivity index (χ3v) is 6.74. The maximum Gasteiger partial charge on any atom is 0.254 e. The molecule has 0 unspecified atom stereocenters. The number of rotatable bonds is 4. The molecule has 1 saturated heterocycles. The molecule has 3 heterocycles. The zero-order valence-electron chi connectivity index (χ0n) is 14.6. The van der Waals surface area contributed by atoms with E-state index in [1.54, 1.807) is 17.5 Å². The number of fused-ring (bicyclic) bond motifs is 1. The fraction of sp³-hybridized carbons (Fsp3) is 0.400. The van der Waals surface area contributed by atoms with Gasteiger partial charge in [-0.05, 0) is 78.4 Å². The number of amides is 1. The molecule has 2 aliphatic rings. The molecule has 3 aromatic rings. The Kier molecular flexibility index (Phi) is 3.83. The average Bonchev–Trinajstić information content (AvgIpc) is 3.08. The monoisotopic (exact) mass is 366 g/mol. The van der Waals surface area contributed by atoms with Crippen LogP contribution in [-0.2, 0) is 6.54 Å². The molecule has 0 bridgehead atoms. The van der Waals surface area contributed by atoms with Crippen molar-refractivity contribution in [2.45, 2.75) is 31.8 Å². The second-order valence-corrected chi connectivity index (χ2v) is 8.35. The predicted octanol–water partition coefficient (Wildman–Crippen LogP) is 3.41. The van der Waals surface area contributed by atoms with Crippen LogP contribution in [0.4, 0.5) is 0 Å². The molecule has 2 fully saturated rings. The Hall–Kier alpha value is -2.18. The lowest BCUT2D eigenvalue weighted by Gasteiger charge is -2.29. The van der Waals surface area contributed by atoms with E-state index in [1.807, 2.05) is 18.2 Å². The molecule has 0 radical (unpaired) electrons. The van der Waals surface area contributed by atoms with Gasteiger partial charge in [0, 0.05) is 23.5 Å². The number of carbonyl (C=O) groups excluding carboxylic acids is 1. The highest BCUT2D eigenvalue weighted by molar-refractivity contribution is 7.07. The summed E-state index contributed by atoms with van der Waals surface area (Å²) in [7, 11) is 0. The summed E-state index contributed by atoms with van der Waals surface area (Å²) < 4.78 is 0. The number of benzene rings is 1. The molecule has 5 rings (SSSR count). The first-order chi connectivity index (χ1) is 12.8. The van der Waals surface area contributed by atoms with Crippen molar-refractivity contribution in [3.05, 3.63) is 52.3 Å². The number of hydrogen-bond acceptors (Lipinski definition) is 4. The van der Waals surface area contributed by atoms with Gasteiger partial charge in [-0.2, -0.15) is 16.4 Å². The van der Waals surface area contributed by atoms with Gasteiger partial charge in [-0.25, -0.2) is 0 Å². The van der Waals surface area contributed by atoms with E-state index in [0.717, 1.165) is 36.0 Å². The van der Waals surface area contributed by atoms with Gasteiger partial charge in [0.25, 0.3) is 5.91 Å². The maximum absolute atomic E-state index is 13.4. The van der Waals surface area contributed by atoms with Crippen LogP contribution in [0, 0.1) is 5.41 Å². The topological polar surface area (TPSA) is 61.0 Å². The van der Waals surface area contributed by atoms with Crippen molar-refractivity contribution in [1.29, 1.82) is 0 Å². The smallest absolute Gasteiger partial charge is 0.254 e. The summed E-state index contributed by atoms with van der Waals surface area (Å²) in [6.45, 7) is 2.83. The number of carbonyl (C=O) groups is 1. The Morgan fingerprint density at radius 2 is 2.19 bits per heavy atom. The second kappa shape index (κ2) is 6.21. The van der Waals surface area contributed by atoms with Gasteiger partial charge in [0.15, 0.2) is 0 Å². The van der Waals surface area contributed by atoms with Crippen molar-refractivity contribution >= 4 is 28.1 Å². The van der Waals surface area contributed by atoms with E-state index in [9.17, 15) is 4.79 Å². The van der Waals surface area contributed by atoms with Crippen molar-refractivity contribution in [2.75, 3.05) is 13.1 Å². The number of nitrogens with one attached hydrogen (secondary N) is 2. The second-order valence-electron chi connectivity index (χ2n) is 7.57. The van der Waals surface area contributed by atoms with Gasteiger partial charge in [0.1, 0.15) is 0 Å². The number of H-pyrrole nitrogens is 1. The van der Waals surface area contributed by atoms with Gasteiger partial charge in [-0.15, -0.1) is 0 Å². The molecule has 6 heteroatoms. The van der Waals surface area contributed by atoms with Crippen molar-refractivity contribution < 1.29 is 4.79 Å². The minimum Gasteiger partial charge on any atom is -0.331 e. The molecule has 5 nitrogen and oxygen atoms in total. The standard InChI is InChI=1S/C20H22N4OS/c25-19(15-1-2-17-16(9-15)11-22-23-17)24(12-14-3-8-26-13-14)18-10-20(18)4-6-21-7-5-20/h1-3,8-9,11,13,18,21H,4-7,10,12H2,(H,22,23)/t18-/m1/s1. The SMILES string of the molecule is O=C(c1ccc2[nH]ncc2c1)N(Cc1ccsc1)[C@@H]1CC12CCNCC2. The molecule has 1 spiro atoms. The van der Waals surface area contributed by atoms with Gasteiger partial charge in [0.2, 0.25) is 0 Å². The van der Waals surface area contributed by atoms with Crippen molar-refractivity contribution in [2.24, 2.45) is 5.41 Å². The predicted molar refractivity (Wildman–Crippen MR) is 103 cm³/mol. The molecule has 1 amide bonds. The Labute approximate surface area is 156 Å². The highest BCUT2D eigenvalue weighted by Gasteiger charge is 2.57. The fourth-order valence-electron chi connectivity index (χ4n) is 4.37. The Morgan fingerprint density at radius 1 is 1.31 bits per heavy atom. The van der Waals surface area contributed by atoms with E-state index < -0.39 is 0 Å². The summed E-state index contributed by atoms with van der Waals surface area (Å²) in [6, 6.07) is 8.31. The summed E-state index contributed by atoms with van der Waals surface area (Å²) in [5.41, 5.74) is 3.28. The van der Waals surface area contributed by atoms with E-state index in [4.69, 9.17) is 0 Å². The van der Waals surface area contributed by atoms with Crippen LogP contribution in [0.1, 0.15) is 35.2 Å². The summed E-state index contributed by atoms with van der Waals surface area (Å²) in [5.74, 6) is 0.139. The van der Waals surface area contributed by atoms with Crippen LogP contribution in [0.15, 0.2) is 41.2 Å². The zero-order chi connectivity index (χ0) is 17.6. The average molecular weight is 366 g/mol. The van der Waals surface area contributed by atoms with E-state index in [1.165, 1.54) is 18.4 Å². The molecule has 1 atom stereocenters. The molecular formula is C20H22N4OS. The van der Waals surface area contributed by atoms with Crippen molar-refractivity contribution in [1.82, 2.24) is 20.4 Å². The highest BCUT2D eigenvalue weighted by Crippen LogP contribution is 2.56. The molecule has 26 heavy (non-hydrogen) atoms. The van der Waals surface area contributed by atoms with Crippen LogP contribution in [0.3, 0.4) is 0 Å². The number of hydrogen-bond donors (Lipinski definition) is 2. The van der Waals surface area contributed by atoms with Gasteiger partial charge < -0.3 is 10.2 Å². The van der Waals surface area contributed by atoms with Gasteiger partial charge in [-0.1, -0.05) is 0 Å². The Morgan fingerprint density at radius 3 is 3.00 bits per heavy atom. The van der Waals surface area contributed by atoms with Gasteiger partial charge >= 0.3 is 0 Å². The lowest BCUT2D eigenvalue weighted by atomic mass is 9.93. The first kappa shape index (κ1) is 16.0. The van der Waals surface area contributed by atoms with E-state index >= 15 is 0 Å². The highest BCUT2D eigenvalue weighted by atomic mass is 32.1. The number of aromatic nitrogens is 2. The van der Waals surface area contributed by atoms with Gasteiger partial charge in [-0.3, -0.25) is 9.89 Å². The van der Waals surface area contributed by atoms with Crippen LogP contribution < -0.4 is 5.32 Å². The van der Waals surface area contributed by atoms with Crippen molar-refractivity contribution in [3.8, 4) is 0 Å². The molecule has 1 aliphatic carbocycles. The lowest BCUT2D eigenvalue weighted by Crippen LogP contribution is -2.39. The number of piperidine rings is 1. The van der Waals surface area contributed by atoms with Gasteiger partial charge in [0.05, 0.1) is 11.7 Å². The molecule has 2 aromatic heterocycles. The number of nitrogens with zero attached hydrogens (tertiary/aromatic N) is 2. The quantitative estimate of drug-likeness (QED) is 0.744. The first-order valence-corrected chi connectivity index (χ1v) is 10.2. The third kappa shape index (κ3) is 2.73. The fourth-order valence-corrected chi connectivity index (χ4v) is 5.03. The normalized spacial score (nSPS) is 21.2. The Bertz CT molecular complexity index is 926. The maximum atomic E-state index is 13.4. The number of thiophene rings is 1. The van der Waals surface area contributed by atoms with Crippen LogP contribution in [0.5, 0.6) is 0 Å². The number of aromatic amines is 1. The minimum atomic E-state index is 0.139. The van der Waals surface area contributed by atoms with Crippen LogP contribution >= 0.6 is 11.3 Å². The molecule has 1 aromatic carbocycles. The molecular weight excluding hydrogens is 344 g/mol. The summed E-state index contributed by atoms with van der Waals surface area (Å²) in [4.78, 5) is 15.5. The molecule has 134 valence electrons.